The fourth-order valence-electron chi connectivity index (χ4n) is 3.01. The Morgan fingerprint density at radius 1 is 1.22 bits per heavy atom. The minimum atomic E-state index is -3.07. The minimum Gasteiger partial charge on any atom is -0.340 e. The normalized spacial score (nSPS) is 17.5. The van der Waals surface area contributed by atoms with E-state index in [1.807, 2.05) is 0 Å². The highest BCUT2D eigenvalue weighted by molar-refractivity contribution is 7.91. The Hall–Kier alpha value is -2.19. The van der Waals surface area contributed by atoms with Crippen molar-refractivity contribution in [1.82, 2.24) is 15.2 Å². The smallest absolute Gasteiger partial charge is 0.253 e. The van der Waals surface area contributed by atoms with Gasteiger partial charge in [0, 0.05) is 23.5 Å². The van der Waals surface area contributed by atoms with E-state index in [1.54, 1.807) is 38.1 Å². The van der Waals surface area contributed by atoms with Gasteiger partial charge >= 0.3 is 0 Å². The second-order valence-electron chi connectivity index (χ2n) is 6.63. The maximum atomic E-state index is 12.6. The van der Waals surface area contributed by atoms with E-state index in [1.165, 1.54) is 4.90 Å². The molecule has 1 aliphatic heterocycles. The summed E-state index contributed by atoms with van der Waals surface area (Å²) in [6.45, 7) is 3.61. The number of halogens is 1. The lowest BCUT2D eigenvalue weighted by Gasteiger charge is -2.29. The summed E-state index contributed by atoms with van der Waals surface area (Å²) in [5.74, 6) is -0.788. The minimum absolute atomic E-state index is 0.0460. The van der Waals surface area contributed by atoms with Crippen LogP contribution in [0.25, 0.3) is 10.9 Å². The van der Waals surface area contributed by atoms with Gasteiger partial charge in [0.05, 0.1) is 28.3 Å². The van der Waals surface area contributed by atoms with Crippen molar-refractivity contribution in [2.24, 2.45) is 0 Å². The maximum absolute atomic E-state index is 12.6. The predicted molar refractivity (Wildman–Crippen MR) is 104 cm³/mol. The van der Waals surface area contributed by atoms with Crippen molar-refractivity contribution >= 4 is 44.2 Å². The molecule has 0 radical (unpaired) electrons. The molecule has 7 nitrogen and oxygen atoms in total. The van der Waals surface area contributed by atoms with E-state index in [9.17, 15) is 18.0 Å². The predicted octanol–water partition coefficient (Wildman–Crippen LogP) is 1.57. The molecule has 3 rings (SSSR count). The summed E-state index contributed by atoms with van der Waals surface area (Å²) in [5.41, 5.74) is 1.60. The van der Waals surface area contributed by atoms with Crippen LogP contribution in [0.15, 0.2) is 24.3 Å². The molecule has 1 fully saturated rings. The van der Waals surface area contributed by atoms with Crippen molar-refractivity contribution in [2.75, 3.05) is 24.6 Å². The van der Waals surface area contributed by atoms with Crippen LogP contribution >= 0.6 is 11.6 Å². The Morgan fingerprint density at radius 2 is 1.89 bits per heavy atom. The third-order valence-corrected chi connectivity index (χ3v) is 6.43. The van der Waals surface area contributed by atoms with Crippen molar-refractivity contribution in [3.8, 4) is 0 Å². The number of carbonyl (C=O) groups is 2. The Morgan fingerprint density at radius 3 is 2.56 bits per heavy atom. The third-order valence-electron chi connectivity index (χ3n) is 4.59. The molecule has 0 spiro atoms. The first-order valence-electron chi connectivity index (χ1n) is 8.53. The number of nitrogens with one attached hydrogen (secondary N) is 1. The van der Waals surface area contributed by atoms with Crippen molar-refractivity contribution in [2.45, 2.75) is 19.9 Å². The van der Waals surface area contributed by atoms with Crippen molar-refractivity contribution in [1.29, 1.82) is 0 Å². The lowest BCUT2D eigenvalue weighted by atomic mass is 10.1. The van der Waals surface area contributed by atoms with Crippen LogP contribution in [-0.2, 0) is 14.6 Å². The molecular formula is C18H20ClN3O4S. The van der Waals surface area contributed by atoms with Gasteiger partial charge in [-0.15, -0.1) is 0 Å². The molecule has 2 heterocycles. The van der Waals surface area contributed by atoms with Gasteiger partial charge in [-0.25, -0.2) is 8.42 Å². The summed E-state index contributed by atoms with van der Waals surface area (Å²) in [6.07, 6.45) is 0. The summed E-state index contributed by atoms with van der Waals surface area (Å²) in [5, 5.41) is 4.02. The molecule has 2 amide bonds. The zero-order valence-electron chi connectivity index (χ0n) is 15.0. The average molecular weight is 410 g/mol. The standard InChI is InChI=1S/C18H20ClN3O4S/c1-11-15(9-13-3-4-14(19)10-16(13)20-11)17(23)21-12(2)18(24)22-5-7-27(25,26)8-6-22/h3-4,9-10,12H,5-8H2,1-2H3,(H,21,23). The Bertz CT molecular complexity index is 1010. The van der Waals surface area contributed by atoms with Crippen molar-refractivity contribution in [3.05, 3.63) is 40.5 Å². The molecule has 0 aliphatic carbocycles. The molecule has 0 saturated carbocycles. The van der Waals surface area contributed by atoms with Gasteiger partial charge in [-0.1, -0.05) is 17.7 Å². The number of carbonyl (C=O) groups excluding carboxylic acids is 2. The zero-order valence-corrected chi connectivity index (χ0v) is 16.6. The largest absolute Gasteiger partial charge is 0.340 e. The van der Waals surface area contributed by atoms with Crippen LogP contribution < -0.4 is 5.32 Å². The molecule has 1 aromatic heterocycles. The van der Waals surface area contributed by atoms with Gasteiger partial charge in [0.2, 0.25) is 5.91 Å². The summed E-state index contributed by atoms with van der Waals surface area (Å²) < 4.78 is 23.0. The van der Waals surface area contributed by atoms with E-state index in [0.717, 1.165) is 5.39 Å². The van der Waals surface area contributed by atoms with E-state index < -0.39 is 21.8 Å². The monoisotopic (exact) mass is 409 g/mol. The molecular weight excluding hydrogens is 390 g/mol. The van der Waals surface area contributed by atoms with Gasteiger partial charge in [0.15, 0.2) is 9.84 Å². The molecule has 144 valence electrons. The van der Waals surface area contributed by atoms with E-state index >= 15 is 0 Å². The first-order chi connectivity index (χ1) is 12.7. The lowest BCUT2D eigenvalue weighted by Crippen LogP contribution is -2.51. The van der Waals surface area contributed by atoms with Crippen LogP contribution in [0.2, 0.25) is 5.02 Å². The van der Waals surface area contributed by atoms with E-state index in [-0.39, 0.29) is 30.5 Å². The second kappa shape index (κ2) is 7.44. The van der Waals surface area contributed by atoms with E-state index in [0.29, 0.717) is 21.8 Å². The first kappa shape index (κ1) is 19.6. The summed E-state index contributed by atoms with van der Waals surface area (Å²) >= 11 is 5.97. The van der Waals surface area contributed by atoms with Crippen LogP contribution in [0.4, 0.5) is 0 Å². The van der Waals surface area contributed by atoms with E-state index in [2.05, 4.69) is 10.3 Å². The van der Waals surface area contributed by atoms with Crippen molar-refractivity contribution in [3.63, 3.8) is 0 Å². The number of benzene rings is 1. The first-order valence-corrected chi connectivity index (χ1v) is 10.7. The van der Waals surface area contributed by atoms with Gasteiger partial charge in [-0.05, 0) is 32.0 Å². The summed E-state index contributed by atoms with van der Waals surface area (Å²) in [6, 6.07) is 6.18. The number of aryl methyl sites for hydroxylation is 1. The average Bonchev–Trinajstić information content (AvgIpc) is 2.60. The van der Waals surface area contributed by atoms with Gasteiger partial charge < -0.3 is 10.2 Å². The van der Waals surface area contributed by atoms with Crippen LogP contribution in [0.1, 0.15) is 23.0 Å². The third kappa shape index (κ3) is 4.39. The quantitative estimate of drug-likeness (QED) is 0.830. The number of rotatable bonds is 3. The summed E-state index contributed by atoms with van der Waals surface area (Å²) in [4.78, 5) is 31.0. The van der Waals surface area contributed by atoms with Crippen LogP contribution in [-0.4, -0.2) is 60.8 Å². The number of sulfone groups is 1. The highest BCUT2D eigenvalue weighted by atomic mass is 35.5. The number of nitrogens with zero attached hydrogens (tertiary/aromatic N) is 2. The molecule has 1 unspecified atom stereocenters. The fourth-order valence-corrected chi connectivity index (χ4v) is 4.38. The molecule has 1 saturated heterocycles. The molecule has 9 heteroatoms. The molecule has 27 heavy (non-hydrogen) atoms. The zero-order chi connectivity index (χ0) is 19.8. The van der Waals surface area contributed by atoms with Gasteiger partial charge in [-0.3, -0.25) is 14.6 Å². The molecule has 1 atom stereocenters. The number of pyridine rings is 1. The number of hydrogen-bond donors (Lipinski definition) is 1. The van der Waals surface area contributed by atoms with Crippen LogP contribution in [0, 0.1) is 6.92 Å². The van der Waals surface area contributed by atoms with Crippen LogP contribution in [0.3, 0.4) is 0 Å². The lowest BCUT2D eigenvalue weighted by molar-refractivity contribution is -0.132. The number of amides is 2. The molecule has 2 aromatic rings. The van der Waals surface area contributed by atoms with Gasteiger partial charge in [0.1, 0.15) is 6.04 Å². The highest BCUT2D eigenvalue weighted by Gasteiger charge is 2.29. The maximum Gasteiger partial charge on any atom is 0.253 e. The number of hydrogen-bond acceptors (Lipinski definition) is 5. The van der Waals surface area contributed by atoms with Crippen molar-refractivity contribution < 1.29 is 18.0 Å². The molecule has 1 aromatic carbocycles. The molecule has 1 aliphatic rings. The second-order valence-corrected chi connectivity index (χ2v) is 9.37. The fraction of sp³-hybridized carbons (Fsp3) is 0.389. The Balaban J connectivity index is 1.73. The van der Waals surface area contributed by atoms with E-state index in [4.69, 9.17) is 11.6 Å². The Labute approximate surface area is 162 Å². The molecule has 0 bridgehead atoms. The van der Waals surface area contributed by atoms with Gasteiger partial charge in [-0.2, -0.15) is 0 Å². The van der Waals surface area contributed by atoms with Crippen LogP contribution in [0.5, 0.6) is 0 Å². The number of fused-ring (bicyclic) bond motifs is 1. The molecule has 1 N–H and O–H groups in total. The summed E-state index contributed by atoms with van der Waals surface area (Å²) in [7, 11) is -3.07. The van der Waals surface area contributed by atoms with Gasteiger partial charge in [0.25, 0.3) is 5.91 Å². The highest BCUT2D eigenvalue weighted by Crippen LogP contribution is 2.20. The Kier molecular flexibility index (Phi) is 5.39. The SMILES string of the molecule is Cc1nc2cc(Cl)ccc2cc1C(=O)NC(C)C(=O)N1CCS(=O)(=O)CC1. The topological polar surface area (TPSA) is 96.4 Å². The number of aromatic nitrogens is 1.